The molecular formula is C8H7N3O. The van der Waals surface area contributed by atoms with Gasteiger partial charge in [0.25, 0.3) is 0 Å². The Kier molecular flexibility index (Phi) is 1.51. The normalized spacial score (nSPS) is 10.0. The molecule has 0 aromatic carbocycles. The fraction of sp³-hybridized carbons (Fsp3) is 0. The molecule has 2 aromatic heterocycles. The number of carbonyl (C=O) groups is 1. The number of aromatic nitrogens is 2. The highest BCUT2D eigenvalue weighted by Gasteiger charge is 1.97. The second-order valence-electron chi connectivity index (χ2n) is 2.38. The fourth-order valence-corrected chi connectivity index (χ4v) is 1.10. The van der Waals surface area contributed by atoms with Crippen LogP contribution in [-0.2, 0) is 4.79 Å². The van der Waals surface area contributed by atoms with Gasteiger partial charge in [-0.25, -0.2) is 0 Å². The van der Waals surface area contributed by atoms with Crippen LogP contribution in [0.5, 0.6) is 0 Å². The Morgan fingerprint density at radius 3 is 3.25 bits per heavy atom. The molecule has 2 N–H and O–H groups in total. The molecule has 0 aliphatic heterocycles. The van der Waals surface area contributed by atoms with Gasteiger partial charge in [0.05, 0.1) is 11.0 Å². The lowest BCUT2D eigenvalue weighted by atomic mass is 10.4. The van der Waals surface area contributed by atoms with E-state index in [2.05, 4.69) is 15.3 Å². The van der Waals surface area contributed by atoms with Crippen molar-refractivity contribution in [2.24, 2.45) is 0 Å². The molecule has 2 heterocycles. The zero-order valence-electron chi connectivity index (χ0n) is 6.24. The van der Waals surface area contributed by atoms with Crippen molar-refractivity contribution in [3.8, 4) is 0 Å². The predicted octanol–water partition coefficient (Wildman–Crippen LogP) is 1.13. The number of hydrogen-bond donors (Lipinski definition) is 2. The van der Waals surface area contributed by atoms with Crippen LogP contribution in [0.25, 0.3) is 11.0 Å². The number of amides is 1. The van der Waals surface area contributed by atoms with Crippen molar-refractivity contribution in [1.29, 1.82) is 0 Å². The van der Waals surface area contributed by atoms with Gasteiger partial charge in [-0.1, -0.05) is 0 Å². The number of fused-ring (bicyclic) bond motifs is 1. The highest BCUT2D eigenvalue weighted by molar-refractivity contribution is 5.83. The van der Waals surface area contributed by atoms with Crippen molar-refractivity contribution in [3.63, 3.8) is 0 Å². The van der Waals surface area contributed by atoms with Crippen LogP contribution in [-0.4, -0.2) is 16.4 Å². The summed E-state index contributed by atoms with van der Waals surface area (Å²) in [6, 6.07) is 5.52. The standard InChI is InChI=1S/C8H7N3O/c12-5-10-8-4-7-6(11-8)2-1-3-9-7/h1-5,11H,(H,10,12). The van der Waals surface area contributed by atoms with Crippen LogP contribution in [0.2, 0.25) is 0 Å². The van der Waals surface area contributed by atoms with E-state index in [9.17, 15) is 4.79 Å². The minimum absolute atomic E-state index is 0.630. The number of carbonyl (C=O) groups excluding carboxylic acids is 1. The van der Waals surface area contributed by atoms with Crippen LogP contribution in [0.1, 0.15) is 0 Å². The molecule has 0 saturated heterocycles. The molecule has 0 radical (unpaired) electrons. The molecule has 0 unspecified atom stereocenters. The molecule has 60 valence electrons. The molecule has 0 saturated carbocycles. The molecule has 0 aliphatic carbocycles. The number of aromatic amines is 1. The van der Waals surface area contributed by atoms with Crippen molar-refractivity contribution in [2.45, 2.75) is 0 Å². The highest BCUT2D eigenvalue weighted by Crippen LogP contribution is 2.14. The zero-order valence-corrected chi connectivity index (χ0v) is 6.24. The minimum Gasteiger partial charge on any atom is -0.340 e. The van der Waals surface area contributed by atoms with Crippen molar-refractivity contribution < 1.29 is 4.79 Å². The summed E-state index contributed by atoms with van der Waals surface area (Å²) in [6.07, 6.45) is 2.34. The van der Waals surface area contributed by atoms with Gasteiger partial charge in [0.15, 0.2) is 0 Å². The van der Waals surface area contributed by atoms with E-state index in [1.54, 1.807) is 12.3 Å². The van der Waals surface area contributed by atoms with Gasteiger partial charge >= 0.3 is 0 Å². The van der Waals surface area contributed by atoms with Gasteiger partial charge in [-0.2, -0.15) is 0 Å². The number of H-pyrrole nitrogens is 1. The molecule has 2 rings (SSSR count). The lowest BCUT2D eigenvalue weighted by Gasteiger charge is -1.87. The first-order chi connectivity index (χ1) is 5.90. The monoisotopic (exact) mass is 161 g/mol. The van der Waals surface area contributed by atoms with Gasteiger partial charge in [0.1, 0.15) is 5.82 Å². The van der Waals surface area contributed by atoms with Gasteiger partial charge in [-0.3, -0.25) is 9.78 Å². The fourth-order valence-electron chi connectivity index (χ4n) is 1.10. The maximum Gasteiger partial charge on any atom is 0.212 e. The Labute approximate surface area is 68.6 Å². The number of pyridine rings is 1. The lowest BCUT2D eigenvalue weighted by Crippen LogP contribution is -1.92. The third-order valence-electron chi connectivity index (χ3n) is 1.60. The summed E-state index contributed by atoms with van der Waals surface area (Å²) in [5.74, 6) is 0.665. The lowest BCUT2D eigenvalue weighted by molar-refractivity contribution is -0.105. The van der Waals surface area contributed by atoms with Crippen molar-refractivity contribution >= 4 is 23.3 Å². The molecule has 0 fully saturated rings. The second-order valence-corrected chi connectivity index (χ2v) is 2.38. The van der Waals surface area contributed by atoms with Crippen LogP contribution < -0.4 is 5.32 Å². The largest absolute Gasteiger partial charge is 0.340 e. The smallest absolute Gasteiger partial charge is 0.212 e. The zero-order chi connectivity index (χ0) is 8.39. The summed E-state index contributed by atoms with van der Waals surface area (Å²) in [5.41, 5.74) is 1.77. The van der Waals surface area contributed by atoms with E-state index in [0.717, 1.165) is 11.0 Å². The quantitative estimate of drug-likeness (QED) is 0.648. The van der Waals surface area contributed by atoms with E-state index in [4.69, 9.17) is 0 Å². The first-order valence-corrected chi connectivity index (χ1v) is 3.54. The third kappa shape index (κ3) is 1.03. The summed E-state index contributed by atoms with van der Waals surface area (Å²) >= 11 is 0. The van der Waals surface area contributed by atoms with Crippen LogP contribution in [0.15, 0.2) is 24.4 Å². The van der Waals surface area contributed by atoms with E-state index >= 15 is 0 Å². The average molecular weight is 161 g/mol. The van der Waals surface area contributed by atoms with Gasteiger partial charge in [-0.15, -0.1) is 0 Å². The Morgan fingerprint density at radius 1 is 1.58 bits per heavy atom. The molecule has 1 amide bonds. The van der Waals surface area contributed by atoms with Gasteiger partial charge < -0.3 is 10.3 Å². The Bertz CT molecular complexity index is 374. The first-order valence-electron chi connectivity index (χ1n) is 3.54. The van der Waals surface area contributed by atoms with Crippen LogP contribution >= 0.6 is 0 Å². The molecule has 4 heteroatoms. The van der Waals surface area contributed by atoms with E-state index in [-0.39, 0.29) is 0 Å². The topological polar surface area (TPSA) is 57.8 Å². The molecular weight excluding hydrogens is 154 g/mol. The molecule has 0 atom stereocenters. The van der Waals surface area contributed by atoms with Gasteiger partial charge in [0.2, 0.25) is 6.41 Å². The number of hydrogen-bond acceptors (Lipinski definition) is 2. The third-order valence-corrected chi connectivity index (χ3v) is 1.60. The summed E-state index contributed by atoms with van der Waals surface area (Å²) in [5, 5.41) is 2.52. The highest BCUT2D eigenvalue weighted by atomic mass is 16.1. The van der Waals surface area contributed by atoms with Gasteiger partial charge in [0, 0.05) is 12.3 Å². The molecule has 0 spiro atoms. The average Bonchev–Trinajstić information content (AvgIpc) is 2.47. The molecule has 12 heavy (non-hydrogen) atoms. The van der Waals surface area contributed by atoms with E-state index in [0.29, 0.717) is 12.2 Å². The Hall–Kier alpha value is -1.84. The predicted molar refractivity (Wildman–Crippen MR) is 45.8 cm³/mol. The summed E-state index contributed by atoms with van der Waals surface area (Å²) in [7, 11) is 0. The van der Waals surface area contributed by atoms with E-state index in [1.807, 2.05) is 12.1 Å². The SMILES string of the molecule is O=CNc1cc2ncccc2[nH]1. The Morgan fingerprint density at radius 2 is 2.50 bits per heavy atom. The van der Waals surface area contributed by atoms with Crippen molar-refractivity contribution in [1.82, 2.24) is 9.97 Å². The maximum atomic E-state index is 10.1. The maximum absolute atomic E-state index is 10.1. The van der Waals surface area contributed by atoms with Crippen molar-refractivity contribution in [3.05, 3.63) is 24.4 Å². The van der Waals surface area contributed by atoms with Crippen LogP contribution in [0.3, 0.4) is 0 Å². The summed E-state index contributed by atoms with van der Waals surface area (Å²) in [4.78, 5) is 17.2. The van der Waals surface area contributed by atoms with Crippen molar-refractivity contribution in [2.75, 3.05) is 5.32 Å². The molecule has 2 aromatic rings. The molecule has 4 nitrogen and oxygen atoms in total. The van der Waals surface area contributed by atoms with Crippen LogP contribution in [0.4, 0.5) is 5.82 Å². The number of anilines is 1. The van der Waals surface area contributed by atoms with E-state index < -0.39 is 0 Å². The minimum atomic E-state index is 0.630. The molecule has 0 bridgehead atoms. The number of rotatable bonds is 2. The number of nitrogens with one attached hydrogen (secondary N) is 2. The summed E-state index contributed by atoms with van der Waals surface area (Å²) < 4.78 is 0. The Balaban J connectivity index is 2.54. The first kappa shape index (κ1) is 6.84. The number of nitrogens with zero attached hydrogens (tertiary/aromatic N) is 1. The summed E-state index contributed by atoms with van der Waals surface area (Å²) in [6.45, 7) is 0. The van der Waals surface area contributed by atoms with Crippen LogP contribution in [0, 0.1) is 0 Å². The van der Waals surface area contributed by atoms with Gasteiger partial charge in [-0.05, 0) is 12.1 Å². The van der Waals surface area contributed by atoms with E-state index in [1.165, 1.54) is 0 Å². The molecule has 0 aliphatic rings. The second kappa shape index (κ2) is 2.65.